The second kappa shape index (κ2) is 8.03. The second-order valence-electron chi connectivity index (χ2n) is 5.82. The van der Waals surface area contributed by atoms with E-state index < -0.39 is 11.5 Å². The topological polar surface area (TPSA) is 58.6 Å². The molecule has 4 heteroatoms. The van der Waals surface area contributed by atoms with Crippen molar-refractivity contribution in [3.63, 3.8) is 0 Å². The van der Waals surface area contributed by atoms with Crippen molar-refractivity contribution in [1.82, 2.24) is 5.32 Å². The van der Waals surface area contributed by atoms with E-state index in [1.807, 2.05) is 38.1 Å². The molecule has 1 rings (SSSR count). The Morgan fingerprint density at radius 2 is 2.00 bits per heavy atom. The van der Waals surface area contributed by atoms with E-state index in [0.717, 1.165) is 25.0 Å². The molecular formula is C17H27NO3. The van der Waals surface area contributed by atoms with Gasteiger partial charge in [0.1, 0.15) is 11.3 Å². The Bertz CT molecular complexity index is 444. The molecule has 0 aliphatic carbocycles. The summed E-state index contributed by atoms with van der Waals surface area (Å²) in [7, 11) is 1.65. The van der Waals surface area contributed by atoms with E-state index in [9.17, 15) is 9.90 Å². The van der Waals surface area contributed by atoms with Gasteiger partial charge in [0.25, 0.3) is 0 Å². The minimum Gasteiger partial charge on any atom is -0.497 e. The molecule has 2 atom stereocenters. The van der Waals surface area contributed by atoms with Crippen LogP contribution in [0.4, 0.5) is 0 Å². The van der Waals surface area contributed by atoms with E-state index in [0.29, 0.717) is 6.42 Å². The fourth-order valence-electron chi connectivity index (χ4n) is 2.53. The summed E-state index contributed by atoms with van der Waals surface area (Å²) in [6.07, 6.45) is 3.30. The molecule has 21 heavy (non-hydrogen) atoms. The van der Waals surface area contributed by atoms with E-state index in [1.54, 1.807) is 14.0 Å². The average molecular weight is 293 g/mol. The SMILES string of the molecule is CCCC(C)(NC(C)CCc1ccc(OC)cc1)C(=O)O. The number of ether oxygens (including phenoxy) is 1. The van der Waals surface area contributed by atoms with Crippen LogP contribution in [-0.2, 0) is 11.2 Å². The van der Waals surface area contributed by atoms with Crippen LogP contribution < -0.4 is 10.1 Å². The van der Waals surface area contributed by atoms with E-state index >= 15 is 0 Å². The standard InChI is InChI=1S/C17H27NO3/c1-5-12-17(3,16(19)20)18-13(2)6-7-14-8-10-15(21-4)11-9-14/h8-11,13,18H,5-7,12H2,1-4H3,(H,19,20). The Morgan fingerprint density at radius 1 is 1.38 bits per heavy atom. The predicted molar refractivity (Wildman–Crippen MR) is 84.9 cm³/mol. The van der Waals surface area contributed by atoms with Crippen LogP contribution in [0.3, 0.4) is 0 Å². The van der Waals surface area contributed by atoms with Gasteiger partial charge in [-0.2, -0.15) is 0 Å². The molecule has 0 spiro atoms. The van der Waals surface area contributed by atoms with Crippen LogP contribution in [0.15, 0.2) is 24.3 Å². The molecule has 0 aromatic heterocycles. The summed E-state index contributed by atoms with van der Waals surface area (Å²) in [5.41, 5.74) is 0.394. The van der Waals surface area contributed by atoms with Crippen molar-refractivity contribution < 1.29 is 14.6 Å². The fraction of sp³-hybridized carbons (Fsp3) is 0.588. The molecule has 1 aromatic carbocycles. The summed E-state index contributed by atoms with van der Waals surface area (Å²) in [6.45, 7) is 5.81. The number of benzene rings is 1. The first kappa shape index (κ1) is 17.5. The highest BCUT2D eigenvalue weighted by Crippen LogP contribution is 2.17. The van der Waals surface area contributed by atoms with Gasteiger partial charge in [0.2, 0.25) is 0 Å². The molecule has 0 saturated heterocycles. The number of hydrogen-bond acceptors (Lipinski definition) is 3. The molecule has 0 aliphatic heterocycles. The van der Waals surface area contributed by atoms with Crippen molar-refractivity contribution in [3.05, 3.63) is 29.8 Å². The molecule has 4 nitrogen and oxygen atoms in total. The highest BCUT2D eigenvalue weighted by Gasteiger charge is 2.32. The maximum Gasteiger partial charge on any atom is 0.323 e. The number of carboxylic acids is 1. The van der Waals surface area contributed by atoms with Crippen molar-refractivity contribution in [2.24, 2.45) is 0 Å². The third kappa shape index (κ3) is 5.38. The van der Waals surface area contributed by atoms with Gasteiger partial charge in [-0.05, 0) is 50.8 Å². The van der Waals surface area contributed by atoms with E-state index in [4.69, 9.17) is 4.74 Å². The zero-order valence-corrected chi connectivity index (χ0v) is 13.5. The molecule has 0 heterocycles. The molecule has 0 amide bonds. The normalized spacial score (nSPS) is 15.2. The molecule has 0 saturated carbocycles. The van der Waals surface area contributed by atoms with E-state index in [2.05, 4.69) is 5.32 Å². The van der Waals surface area contributed by atoms with Gasteiger partial charge in [-0.3, -0.25) is 10.1 Å². The van der Waals surface area contributed by atoms with Gasteiger partial charge in [0.15, 0.2) is 0 Å². The zero-order chi connectivity index (χ0) is 15.9. The largest absolute Gasteiger partial charge is 0.497 e. The molecular weight excluding hydrogens is 266 g/mol. The van der Waals surface area contributed by atoms with E-state index in [1.165, 1.54) is 5.56 Å². The van der Waals surface area contributed by atoms with E-state index in [-0.39, 0.29) is 6.04 Å². The summed E-state index contributed by atoms with van der Waals surface area (Å²) in [6, 6.07) is 8.15. The Hall–Kier alpha value is -1.55. The molecule has 0 bridgehead atoms. The molecule has 118 valence electrons. The number of aryl methyl sites for hydroxylation is 1. The lowest BCUT2D eigenvalue weighted by Crippen LogP contribution is -2.53. The molecule has 0 fully saturated rings. The maximum atomic E-state index is 11.4. The third-order valence-electron chi connectivity index (χ3n) is 3.81. The van der Waals surface area contributed by atoms with Crippen LogP contribution in [-0.4, -0.2) is 29.8 Å². The number of hydrogen-bond donors (Lipinski definition) is 2. The maximum absolute atomic E-state index is 11.4. The molecule has 1 aromatic rings. The van der Waals surface area contributed by atoms with Crippen LogP contribution in [0.1, 0.15) is 45.6 Å². The summed E-state index contributed by atoms with van der Waals surface area (Å²) in [5, 5.41) is 12.6. The van der Waals surface area contributed by atoms with Crippen LogP contribution in [0.2, 0.25) is 0 Å². The lowest BCUT2D eigenvalue weighted by atomic mass is 9.94. The van der Waals surface area contributed by atoms with Gasteiger partial charge < -0.3 is 9.84 Å². The Morgan fingerprint density at radius 3 is 2.48 bits per heavy atom. The first-order valence-electron chi connectivity index (χ1n) is 7.55. The predicted octanol–water partition coefficient (Wildman–Crippen LogP) is 3.25. The summed E-state index contributed by atoms with van der Waals surface area (Å²) < 4.78 is 5.14. The van der Waals surface area contributed by atoms with Gasteiger partial charge in [0, 0.05) is 6.04 Å². The number of carbonyl (C=O) groups is 1. The average Bonchev–Trinajstić information content (AvgIpc) is 2.45. The number of nitrogens with one attached hydrogen (secondary N) is 1. The Balaban J connectivity index is 2.52. The third-order valence-corrected chi connectivity index (χ3v) is 3.81. The highest BCUT2D eigenvalue weighted by molar-refractivity contribution is 5.78. The minimum absolute atomic E-state index is 0.153. The molecule has 0 radical (unpaired) electrons. The van der Waals surface area contributed by atoms with Gasteiger partial charge in [-0.25, -0.2) is 0 Å². The first-order valence-corrected chi connectivity index (χ1v) is 7.55. The van der Waals surface area contributed by atoms with Crippen LogP contribution in [0.5, 0.6) is 5.75 Å². The van der Waals surface area contributed by atoms with Crippen molar-refractivity contribution >= 4 is 5.97 Å². The van der Waals surface area contributed by atoms with Gasteiger partial charge >= 0.3 is 5.97 Å². The number of rotatable bonds is 9. The van der Waals surface area contributed by atoms with Gasteiger partial charge in [-0.15, -0.1) is 0 Å². The van der Waals surface area contributed by atoms with Gasteiger partial charge in [0.05, 0.1) is 7.11 Å². The lowest BCUT2D eigenvalue weighted by Gasteiger charge is -2.30. The Labute approximate surface area is 127 Å². The van der Waals surface area contributed by atoms with Crippen molar-refractivity contribution in [3.8, 4) is 5.75 Å². The highest BCUT2D eigenvalue weighted by atomic mass is 16.5. The monoisotopic (exact) mass is 293 g/mol. The minimum atomic E-state index is -0.839. The van der Waals surface area contributed by atoms with Crippen LogP contribution >= 0.6 is 0 Å². The smallest absolute Gasteiger partial charge is 0.323 e. The number of methoxy groups -OCH3 is 1. The molecule has 2 unspecified atom stereocenters. The summed E-state index contributed by atoms with van der Waals surface area (Å²) in [4.78, 5) is 11.4. The lowest BCUT2D eigenvalue weighted by molar-refractivity contribution is -0.144. The fourth-order valence-corrected chi connectivity index (χ4v) is 2.53. The zero-order valence-electron chi connectivity index (χ0n) is 13.5. The first-order chi connectivity index (χ1) is 9.91. The van der Waals surface area contributed by atoms with Crippen LogP contribution in [0.25, 0.3) is 0 Å². The van der Waals surface area contributed by atoms with Crippen molar-refractivity contribution in [2.75, 3.05) is 7.11 Å². The number of carboxylic acid groups (broad SMARTS) is 1. The molecule has 0 aliphatic rings. The quantitative estimate of drug-likeness (QED) is 0.734. The van der Waals surface area contributed by atoms with Crippen LogP contribution in [0, 0.1) is 0 Å². The molecule has 2 N–H and O–H groups in total. The van der Waals surface area contributed by atoms with Crippen molar-refractivity contribution in [1.29, 1.82) is 0 Å². The second-order valence-corrected chi connectivity index (χ2v) is 5.82. The van der Waals surface area contributed by atoms with Crippen molar-refractivity contribution in [2.45, 2.75) is 58.0 Å². The Kier molecular flexibility index (Phi) is 6.69. The summed E-state index contributed by atoms with van der Waals surface area (Å²) in [5.74, 6) is 0.0759. The number of aliphatic carboxylic acids is 1. The summed E-state index contributed by atoms with van der Waals surface area (Å²) >= 11 is 0. The van der Waals surface area contributed by atoms with Gasteiger partial charge in [-0.1, -0.05) is 25.5 Å².